The van der Waals surface area contributed by atoms with Crippen LogP contribution in [0.5, 0.6) is 0 Å². The van der Waals surface area contributed by atoms with Gasteiger partial charge in [0.25, 0.3) is 5.91 Å². The molecule has 1 atom stereocenters. The lowest BCUT2D eigenvalue weighted by atomic mass is 10.1. The topological polar surface area (TPSA) is 41.1 Å². The predicted octanol–water partition coefficient (Wildman–Crippen LogP) is 3.67. The molecule has 2 aromatic rings. The number of amides is 1. The highest BCUT2D eigenvalue weighted by Gasteiger charge is 2.32. The molecule has 3 nitrogen and oxygen atoms in total. The van der Waals surface area contributed by atoms with E-state index >= 15 is 0 Å². The summed E-state index contributed by atoms with van der Waals surface area (Å²) in [5, 5.41) is 8.37. The van der Waals surface area contributed by atoms with E-state index in [4.69, 9.17) is 0 Å². The van der Waals surface area contributed by atoms with E-state index in [2.05, 4.69) is 28.1 Å². The number of hydrogen-bond donors (Lipinski definition) is 2. The average molecular weight is 286 g/mol. The Bertz CT molecular complexity index is 573. The van der Waals surface area contributed by atoms with Gasteiger partial charge < -0.3 is 10.6 Å². The van der Waals surface area contributed by atoms with E-state index in [1.165, 1.54) is 17.7 Å². The predicted molar refractivity (Wildman–Crippen MR) is 83.2 cm³/mol. The first kappa shape index (κ1) is 13.2. The van der Waals surface area contributed by atoms with E-state index in [-0.39, 0.29) is 5.91 Å². The van der Waals surface area contributed by atoms with Crippen LogP contribution in [-0.2, 0) is 0 Å². The van der Waals surface area contributed by atoms with E-state index in [9.17, 15) is 4.79 Å². The zero-order chi connectivity index (χ0) is 13.9. The second-order valence-electron chi connectivity index (χ2n) is 5.13. The van der Waals surface area contributed by atoms with Gasteiger partial charge in [-0.1, -0.05) is 6.07 Å². The Hall–Kier alpha value is -1.81. The van der Waals surface area contributed by atoms with Crippen molar-refractivity contribution in [2.24, 2.45) is 5.92 Å². The zero-order valence-corrected chi connectivity index (χ0v) is 12.2. The lowest BCUT2D eigenvalue weighted by molar-refractivity contribution is 0.0963. The van der Waals surface area contributed by atoms with Crippen LogP contribution in [0, 0.1) is 5.92 Å². The number of benzene rings is 1. The zero-order valence-electron chi connectivity index (χ0n) is 11.4. The fourth-order valence-electron chi connectivity index (χ4n) is 2.36. The summed E-state index contributed by atoms with van der Waals surface area (Å²) in [7, 11) is 1.65. The largest absolute Gasteiger partial charge is 0.377 e. The molecule has 4 heteroatoms. The second kappa shape index (κ2) is 5.67. The molecule has 1 fully saturated rings. The van der Waals surface area contributed by atoms with E-state index in [0.29, 0.717) is 11.6 Å². The van der Waals surface area contributed by atoms with Crippen LogP contribution >= 0.6 is 11.3 Å². The van der Waals surface area contributed by atoms with Gasteiger partial charge in [-0.25, -0.2) is 0 Å². The Morgan fingerprint density at radius 2 is 2.00 bits per heavy atom. The molecule has 1 heterocycles. The Balaban J connectivity index is 1.74. The minimum absolute atomic E-state index is 0.0476. The third-order valence-electron chi connectivity index (χ3n) is 3.64. The van der Waals surface area contributed by atoms with Crippen molar-refractivity contribution < 1.29 is 4.79 Å². The van der Waals surface area contributed by atoms with Gasteiger partial charge in [-0.15, -0.1) is 11.3 Å². The van der Waals surface area contributed by atoms with Crippen LogP contribution in [0.4, 0.5) is 5.69 Å². The molecule has 0 saturated heterocycles. The first-order valence-corrected chi connectivity index (χ1v) is 7.78. The quantitative estimate of drug-likeness (QED) is 0.880. The maximum atomic E-state index is 11.5. The van der Waals surface area contributed by atoms with Crippen LogP contribution in [0.15, 0.2) is 41.8 Å². The smallest absolute Gasteiger partial charge is 0.251 e. The van der Waals surface area contributed by atoms with Crippen LogP contribution in [0.3, 0.4) is 0 Å². The molecule has 2 N–H and O–H groups in total. The van der Waals surface area contributed by atoms with Gasteiger partial charge in [0.15, 0.2) is 0 Å². The molecule has 0 spiro atoms. The summed E-state index contributed by atoms with van der Waals surface area (Å²) in [5.41, 5.74) is 1.76. The molecule has 1 aliphatic rings. The number of hydrogen-bond acceptors (Lipinski definition) is 3. The summed E-state index contributed by atoms with van der Waals surface area (Å²) in [4.78, 5) is 12.9. The minimum Gasteiger partial charge on any atom is -0.377 e. The lowest BCUT2D eigenvalue weighted by Gasteiger charge is -2.18. The van der Waals surface area contributed by atoms with Gasteiger partial charge in [0.2, 0.25) is 0 Å². The van der Waals surface area contributed by atoms with Gasteiger partial charge in [0, 0.05) is 23.2 Å². The molecular weight excluding hydrogens is 268 g/mol. The fraction of sp³-hybridized carbons (Fsp3) is 0.312. The molecule has 3 rings (SSSR count). The van der Waals surface area contributed by atoms with Gasteiger partial charge in [-0.2, -0.15) is 0 Å². The molecule has 0 bridgehead atoms. The van der Waals surface area contributed by atoms with E-state index in [1.807, 2.05) is 24.3 Å². The number of carbonyl (C=O) groups excluding carboxylic acids is 1. The highest BCUT2D eigenvalue weighted by atomic mass is 32.1. The van der Waals surface area contributed by atoms with Crippen LogP contribution < -0.4 is 10.6 Å². The van der Waals surface area contributed by atoms with Crippen molar-refractivity contribution in [3.05, 3.63) is 52.2 Å². The molecular formula is C16H18N2OS. The molecule has 1 aromatic heterocycles. The van der Waals surface area contributed by atoms with Crippen LogP contribution in [0.25, 0.3) is 0 Å². The number of carbonyl (C=O) groups is 1. The Morgan fingerprint density at radius 1 is 1.25 bits per heavy atom. The Labute approximate surface area is 123 Å². The van der Waals surface area contributed by atoms with E-state index in [1.54, 1.807) is 18.4 Å². The van der Waals surface area contributed by atoms with Crippen molar-refractivity contribution in [3.8, 4) is 0 Å². The molecule has 1 aliphatic carbocycles. The second-order valence-corrected chi connectivity index (χ2v) is 6.11. The molecule has 0 radical (unpaired) electrons. The van der Waals surface area contributed by atoms with Crippen molar-refractivity contribution in [1.29, 1.82) is 0 Å². The first-order valence-electron chi connectivity index (χ1n) is 6.90. The summed E-state index contributed by atoms with van der Waals surface area (Å²) in [6.07, 6.45) is 2.60. The molecule has 0 aliphatic heterocycles. The van der Waals surface area contributed by atoms with E-state index in [0.717, 1.165) is 11.6 Å². The summed E-state index contributed by atoms with van der Waals surface area (Å²) < 4.78 is 0. The lowest BCUT2D eigenvalue weighted by Crippen LogP contribution is -2.17. The van der Waals surface area contributed by atoms with Crippen LogP contribution in [0.2, 0.25) is 0 Å². The standard InChI is InChI=1S/C16H18N2OS/c1-17-16(19)12-6-8-13(9-7-12)18-15(11-4-5-11)14-3-2-10-20-14/h2-3,6-11,15,18H,4-5H2,1H3,(H,17,19). The maximum Gasteiger partial charge on any atom is 0.251 e. The highest BCUT2D eigenvalue weighted by Crippen LogP contribution is 2.44. The molecule has 20 heavy (non-hydrogen) atoms. The first-order chi connectivity index (χ1) is 9.78. The van der Waals surface area contributed by atoms with Crippen molar-refractivity contribution in [2.45, 2.75) is 18.9 Å². The number of nitrogens with one attached hydrogen (secondary N) is 2. The van der Waals surface area contributed by atoms with Gasteiger partial charge in [0.1, 0.15) is 0 Å². The van der Waals surface area contributed by atoms with Crippen molar-refractivity contribution in [2.75, 3.05) is 12.4 Å². The maximum absolute atomic E-state index is 11.5. The molecule has 1 amide bonds. The summed E-state index contributed by atoms with van der Waals surface area (Å²) in [6.45, 7) is 0. The van der Waals surface area contributed by atoms with Gasteiger partial charge >= 0.3 is 0 Å². The van der Waals surface area contributed by atoms with Gasteiger partial charge in [-0.05, 0) is 54.5 Å². The summed E-state index contributed by atoms with van der Waals surface area (Å²) in [6, 6.07) is 12.4. The van der Waals surface area contributed by atoms with Crippen molar-refractivity contribution in [1.82, 2.24) is 5.32 Å². The fourth-order valence-corrected chi connectivity index (χ4v) is 3.23. The summed E-state index contributed by atoms with van der Waals surface area (Å²) in [5.74, 6) is 0.695. The van der Waals surface area contributed by atoms with Crippen LogP contribution in [0.1, 0.15) is 34.1 Å². The van der Waals surface area contributed by atoms with Crippen molar-refractivity contribution >= 4 is 22.9 Å². The Morgan fingerprint density at radius 3 is 2.55 bits per heavy atom. The summed E-state index contributed by atoms with van der Waals surface area (Å²) >= 11 is 1.80. The molecule has 104 valence electrons. The van der Waals surface area contributed by atoms with Gasteiger partial charge in [-0.3, -0.25) is 4.79 Å². The van der Waals surface area contributed by atoms with Crippen molar-refractivity contribution in [3.63, 3.8) is 0 Å². The number of anilines is 1. The number of rotatable bonds is 5. The number of thiophene rings is 1. The van der Waals surface area contributed by atoms with E-state index < -0.39 is 0 Å². The third-order valence-corrected chi connectivity index (χ3v) is 4.59. The molecule has 1 saturated carbocycles. The minimum atomic E-state index is -0.0476. The van der Waals surface area contributed by atoms with Gasteiger partial charge in [0.05, 0.1) is 6.04 Å². The third kappa shape index (κ3) is 2.85. The normalized spacial score (nSPS) is 15.7. The van der Waals surface area contributed by atoms with Crippen LogP contribution in [-0.4, -0.2) is 13.0 Å². The monoisotopic (exact) mass is 286 g/mol. The average Bonchev–Trinajstić information content (AvgIpc) is 3.19. The molecule has 1 aromatic carbocycles. The SMILES string of the molecule is CNC(=O)c1ccc(NC(c2cccs2)C2CC2)cc1. The highest BCUT2D eigenvalue weighted by molar-refractivity contribution is 7.10. The molecule has 1 unspecified atom stereocenters. The Kier molecular flexibility index (Phi) is 3.74.